The smallest absolute Gasteiger partial charge is 0.231 e. The Morgan fingerprint density at radius 3 is 2.85 bits per heavy atom. The van der Waals surface area contributed by atoms with Crippen molar-refractivity contribution in [2.75, 3.05) is 30.7 Å². The summed E-state index contributed by atoms with van der Waals surface area (Å²) in [6, 6.07) is 12.5. The van der Waals surface area contributed by atoms with Crippen molar-refractivity contribution in [2.24, 2.45) is 5.92 Å². The van der Waals surface area contributed by atoms with Crippen LogP contribution < -0.4 is 24.4 Å². The zero-order chi connectivity index (χ0) is 18.1. The number of carbonyl (C=O) groups excluding carboxylic acids is 2. The maximum Gasteiger partial charge on any atom is 0.231 e. The molecule has 0 spiro atoms. The molecule has 0 aromatic heterocycles. The first-order valence-corrected chi connectivity index (χ1v) is 8.29. The minimum atomic E-state index is -0.433. The quantitative estimate of drug-likeness (QED) is 0.912. The average Bonchev–Trinajstić information content (AvgIpc) is 3.27. The number of methoxy groups -OCH3 is 1. The van der Waals surface area contributed by atoms with Crippen molar-refractivity contribution in [3.8, 4) is 17.2 Å². The molecule has 0 unspecified atom stereocenters. The zero-order valence-electron chi connectivity index (χ0n) is 14.2. The second-order valence-electron chi connectivity index (χ2n) is 6.13. The van der Waals surface area contributed by atoms with E-state index in [1.54, 1.807) is 36.3 Å². The number of nitrogens with one attached hydrogen (secondary N) is 1. The Balaban J connectivity index is 1.47. The Labute approximate surface area is 150 Å². The van der Waals surface area contributed by atoms with E-state index in [0.29, 0.717) is 35.2 Å². The van der Waals surface area contributed by atoms with Crippen LogP contribution in [0.25, 0.3) is 0 Å². The van der Waals surface area contributed by atoms with E-state index in [2.05, 4.69) is 5.32 Å². The van der Waals surface area contributed by atoms with Gasteiger partial charge in [-0.2, -0.15) is 0 Å². The fraction of sp³-hybridized carbons (Fsp3) is 0.263. The van der Waals surface area contributed by atoms with Crippen molar-refractivity contribution in [1.29, 1.82) is 0 Å². The molecule has 2 aromatic carbocycles. The summed E-state index contributed by atoms with van der Waals surface area (Å²) in [4.78, 5) is 26.6. The SMILES string of the molecule is COc1ccccc1N1C[C@@H](C(=O)Nc2ccc3c(c2)OCO3)CC1=O. The average molecular weight is 354 g/mol. The van der Waals surface area contributed by atoms with Gasteiger partial charge in [0.25, 0.3) is 0 Å². The molecule has 2 aromatic rings. The summed E-state index contributed by atoms with van der Waals surface area (Å²) in [5.41, 5.74) is 1.29. The Kier molecular flexibility index (Phi) is 4.12. The van der Waals surface area contributed by atoms with Gasteiger partial charge in [-0.25, -0.2) is 0 Å². The van der Waals surface area contributed by atoms with Crippen LogP contribution in [0.1, 0.15) is 6.42 Å². The number of ether oxygens (including phenoxy) is 3. The molecule has 4 rings (SSSR count). The minimum absolute atomic E-state index is 0.0969. The van der Waals surface area contributed by atoms with Gasteiger partial charge < -0.3 is 24.4 Å². The van der Waals surface area contributed by atoms with Crippen LogP contribution in [0.15, 0.2) is 42.5 Å². The van der Waals surface area contributed by atoms with E-state index in [9.17, 15) is 9.59 Å². The van der Waals surface area contributed by atoms with Crippen LogP contribution in [0.5, 0.6) is 17.2 Å². The van der Waals surface area contributed by atoms with Crippen LogP contribution in [0.3, 0.4) is 0 Å². The molecule has 1 N–H and O–H groups in total. The maximum atomic E-state index is 12.6. The summed E-state index contributed by atoms with van der Waals surface area (Å²) in [6.45, 7) is 0.493. The summed E-state index contributed by atoms with van der Waals surface area (Å²) in [6.07, 6.45) is 0.161. The standard InChI is InChI=1S/C19H18N2O5/c1-24-15-5-3-2-4-14(15)21-10-12(8-18(21)22)19(23)20-13-6-7-16-17(9-13)26-11-25-16/h2-7,9,12H,8,10-11H2,1H3,(H,20,23)/t12-/m0/s1. The van der Waals surface area contributed by atoms with Gasteiger partial charge in [0.15, 0.2) is 11.5 Å². The van der Waals surface area contributed by atoms with E-state index < -0.39 is 5.92 Å². The third kappa shape index (κ3) is 2.92. The first kappa shape index (κ1) is 16.3. The second kappa shape index (κ2) is 6.59. The van der Waals surface area contributed by atoms with Crippen LogP contribution in [-0.4, -0.2) is 32.3 Å². The lowest BCUT2D eigenvalue weighted by Crippen LogP contribution is -2.28. The normalized spacial score (nSPS) is 18.1. The summed E-state index contributed by atoms with van der Waals surface area (Å²) >= 11 is 0. The topological polar surface area (TPSA) is 77.1 Å². The highest BCUT2D eigenvalue weighted by atomic mass is 16.7. The highest BCUT2D eigenvalue weighted by molar-refractivity contribution is 6.04. The van der Waals surface area contributed by atoms with Crippen LogP contribution >= 0.6 is 0 Å². The Hall–Kier alpha value is -3.22. The molecule has 2 aliphatic rings. The van der Waals surface area contributed by atoms with Gasteiger partial charge in [0, 0.05) is 24.7 Å². The van der Waals surface area contributed by atoms with Gasteiger partial charge in [-0.3, -0.25) is 9.59 Å². The number of hydrogen-bond donors (Lipinski definition) is 1. The van der Waals surface area contributed by atoms with Gasteiger partial charge in [0.1, 0.15) is 5.75 Å². The van der Waals surface area contributed by atoms with Crippen molar-refractivity contribution >= 4 is 23.2 Å². The molecule has 134 valence electrons. The fourth-order valence-corrected chi connectivity index (χ4v) is 3.19. The van der Waals surface area contributed by atoms with Crippen LogP contribution in [0.2, 0.25) is 0 Å². The van der Waals surface area contributed by atoms with E-state index in [1.165, 1.54) is 0 Å². The zero-order valence-corrected chi connectivity index (χ0v) is 14.2. The summed E-state index contributed by atoms with van der Waals surface area (Å²) in [5.74, 6) is 1.13. The molecular weight excluding hydrogens is 336 g/mol. The predicted octanol–water partition coefficient (Wildman–Crippen LogP) is 2.42. The maximum absolute atomic E-state index is 12.6. The molecule has 0 bridgehead atoms. The lowest BCUT2D eigenvalue weighted by Gasteiger charge is -2.19. The van der Waals surface area contributed by atoms with Gasteiger partial charge in [0.2, 0.25) is 18.6 Å². The number of para-hydroxylation sites is 2. The number of amides is 2. The summed E-state index contributed by atoms with van der Waals surface area (Å²) < 4.78 is 15.9. The number of benzene rings is 2. The second-order valence-corrected chi connectivity index (χ2v) is 6.13. The lowest BCUT2D eigenvalue weighted by atomic mass is 10.1. The molecule has 1 atom stereocenters. The van der Waals surface area contributed by atoms with Crippen molar-refractivity contribution in [3.05, 3.63) is 42.5 Å². The third-order valence-corrected chi connectivity index (χ3v) is 4.51. The molecule has 2 heterocycles. The van der Waals surface area contributed by atoms with Gasteiger partial charge in [-0.05, 0) is 24.3 Å². The summed E-state index contributed by atoms with van der Waals surface area (Å²) in [5, 5.41) is 2.85. The molecule has 1 fully saturated rings. The van der Waals surface area contributed by atoms with Gasteiger partial charge in [-0.15, -0.1) is 0 Å². The minimum Gasteiger partial charge on any atom is -0.495 e. The van der Waals surface area contributed by atoms with E-state index in [4.69, 9.17) is 14.2 Å². The molecule has 0 saturated carbocycles. The highest BCUT2D eigenvalue weighted by Gasteiger charge is 2.36. The molecule has 7 nitrogen and oxygen atoms in total. The van der Waals surface area contributed by atoms with E-state index in [-0.39, 0.29) is 25.0 Å². The molecule has 2 amide bonds. The van der Waals surface area contributed by atoms with Gasteiger partial charge >= 0.3 is 0 Å². The number of rotatable bonds is 4. The largest absolute Gasteiger partial charge is 0.495 e. The number of anilines is 2. The Morgan fingerprint density at radius 1 is 1.19 bits per heavy atom. The third-order valence-electron chi connectivity index (χ3n) is 4.51. The van der Waals surface area contributed by atoms with Crippen molar-refractivity contribution < 1.29 is 23.8 Å². The number of hydrogen-bond acceptors (Lipinski definition) is 5. The molecule has 0 aliphatic carbocycles. The monoisotopic (exact) mass is 354 g/mol. The van der Waals surface area contributed by atoms with Crippen molar-refractivity contribution in [1.82, 2.24) is 0 Å². The van der Waals surface area contributed by atoms with Crippen molar-refractivity contribution in [3.63, 3.8) is 0 Å². The molecule has 2 aliphatic heterocycles. The molecule has 26 heavy (non-hydrogen) atoms. The number of nitrogens with zero attached hydrogens (tertiary/aromatic N) is 1. The highest BCUT2D eigenvalue weighted by Crippen LogP contribution is 2.35. The van der Waals surface area contributed by atoms with Crippen LogP contribution in [-0.2, 0) is 9.59 Å². The van der Waals surface area contributed by atoms with E-state index >= 15 is 0 Å². The first-order chi connectivity index (χ1) is 12.7. The molecular formula is C19H18N2O5. The molecule has 1 saturated heterocycles. The molecule has 7 heteroatoms. The van der Waals surface area contributed by atoms with Crippen molar-refractivity contribution in [2.45, 2.75) is 6.42 Å². The predicted molar refractivity (Wildman–Crippen MR) is 94.6 cm³/mol. The number of carbonyl (C=O) groups is 2. The Morgan fingerprint density at radius 2 is 2.00 bits per heavy atom. The lowest BCUT2D eigenvalue weighted by molar-refractivity contribution is -0.122. The van der Waals surface area contributed by atoms with Crippen LogP contribution in [0.4, 0.5) is 11.4 Å². The molecule has 0 radical (unpaired) electrons. The summed E-state index contributed by atoms with van der Waals surface area (Å²) in [7, 11) is 1.56. The van der Waals surface area contributed by atoms with E-state index in [1.807, 2.05) is 18.2 Å². The fourth-order valence-electron chi connectivity index (χ4n) is 3.19. The Bertz CT molecular complexity index is 867. The first-order valence-electron chi connectivity index (χ1n) is 8.29. The van der Waals surface area contributed by atoms with E-state index in [0.717, 1.165) is 0 Å². The van der Waals surface area contributed by atoms with Crippen LogP contribution in [0, 0.1) is 5.92 Å². The van der Waals surface area contributed by atoms with Gasteiger partial charge in [-0.1, -0.05) is 12.1 Å². The number of fused-ring (bicyclic) bond motifs is 1. The van der Waals surface area contributed by atoms with Gasteiger partial charge in [0.05, 0.1) is 18.7 Å².